The maximum Gasteiger partial charge on any atom is 0.251 e. The van der Waals surface area contributed by atoms with Gasteiger partial charge < -0.3 is 15.8 Å². The van der Waals surface area contributed by atoms with E-state index in [0.29, 0.717) is 17.0 Å². The van der Waals surface area contributed by atoms with E-state index in [1.54, 1.807) is 19.1 Å². The normalized spacial score (nSPS) is 12.8. The first-order valence-corrected chi connectivity index (χ1v) is 7.71. The first-order valence-electron chi connectivity index (χ1n) is 5.65. The molecule has 0 radical (unpaired) electrons. The van der Waals surface area contributed by atoms with Crippen LogP contribution in [0.5, 0.6) is 5.75 Å². The SMILES string of the molecule is COc1ccc(C(=O)NC(C)CS(C)(=O)=O)cc1N. The zero-order valence-electron chi connectivity index (χ0n) is 11.1. The fourth-order valence-corrected chi connectivity index (χ4v) is 2.67. The summed E-state index contributed by atoms with van der Waals surface area (Å²) < 4.78 is 27.2. The maximum atomic E-state index is 11.9. The van der Waals surface area contributed by atoms with Crippen molar-refractivity contribution in [2.75, 3.05) is 24.9 Å². The maximum absolute atomic E-state index is 11.9. The van der Waals surface area contributed by atoms with Crippen molar-refractivity contribution in [1.29, 1.82) is 0 Å². The second-order valence-corrected chi connectivity index (χ2v) is 6.61. The minimum Gasteiger partial charge on any atom is -0.495 e. The number of nitrogens with one attached hydrogen (secondary N) is 1. The van der Waals surface area contributed by atoms with Gasteiger partial charge in [0.2, 0.25) is 0 Å². The Bertz CT molecular complexity index is 569. The highest BCUT2D eigenvalue weighted by Gasteiger charge is 2.15. The largest absolute Gasteiger partial charge is 0.495 e. The Hall–Kier alpha value is -1.76. The predicted molar refractivity (Wildman–Crippen MR) is 74.0 cm³/mol. The Labute approximate surface area is 112 Å². The molecule has 0 heterocycles. The second-order valence-electron chi connectivity index (χ2n) is 4.42. The van der Waals surface area contributed by atoms with E-state index in [4.69, 9.17) is 10.5 Å². The molecule has 1 amide bonds. The number of nitrogen functional groups attached to an aromatic ring is 1. The Morgan fingerprint density at radius 1 is 1.47 bits per heavy atom. The Morgan fingerprint density at radius 3 is 2.58 bits per heavy atom. The first kappa shape index (κ1) is 15.3. The number of carbonyl (C=O) groups is 1. The Kier molecular flexibility index (Phi) is 4.77. The molecule has 0 saturated carbocycles. The molecule has 6 nitrogen and oxygen atoms in total. The van der Waals surface area contributed by atoms with Crippen LogP contribution in [0.2, 0.25) is 0 Å². The number of nitrogens with two attached hydrogens (primary N) is 1. The molecule has 1 rings (SSSR count). The number of sulfone groups is 1. The number of methoxy groups -OCH3 is 1. The average Bonchev–Trinajstić information content (AvgIpc) is 2.26. The van der Waals surface area contributed by atoms with Crippen molar-refractivity contribution in [2.45, 2.75) is 13.0 Å². The molecule has 0 aromatic heterocycles. The van der Waals surface area contributed by atoms with Crippen molar-refractivity contribution in [1.82, 2.24) is 5.32 Å². The number of anilines is 1. The number of rotatable bonds is 5. The van der Waals surface area contributed by atoms with Gasteiger partial charge >= 0.3 is 0 Å². The predicted octanol–water partition coefficient (Wildman–Crippen LogP) is 0.440. The van der Waals surface area contributed by atoms with Crippen molar-refractivity contribution >= 4 is 21.4 Å². The van der Waals surface area contributed by atoms with Crippen LogP contribution >= 0.6 is 0 Å². The summed E-state index contributed by atoms with van der Waals surface area (Å²) in [7, 11) is -1.64. The minimum atomic E-state index is -3.13. The van der Waals surface area contributed by atoms with Crippen LogP contribution in [-0.4, -0.2) is 39.5 Å². The topological polar surface area (TPSA) is 98.5 Å². The van der Waals surface area contributed by atoms with Gasteiger partial charge in [-0.05, 0) is 25.1 Å². The first-order chi connectivity index (χ1) is 8.73. The summed E-state index contributed by atoms with van der Waals surface area (Å²) in [5.41, 5.74) is 6.41. The van der Waals surface area contributed by atoms with E-state index >= 15 is 0 Å². The molecule has 1 atom stereocenters. The number of hydrogen-bond donors (Lipinski definition) is 2. The minimum absolute atomic E-state index is 0.107. The van der Waals surface area contributed by atoms with Crippen LogP contribution in [0.3, 0.4) is 0 Å². The highest BCUT2D eigenvalue weighted by Crippen LogP contribution is 2.21. The van der Waals surface area contributed by atoms with Gasteiger partial charge in [-0.2, -0.15) is 0 Å². The molecular weight excluding hydrogens is 268 g/mol. The van der Waals surface area contributed by atoms with Crippen LogP contribution < -0.4 is 15.8 Å². The van der Waals surface area contributed by atoms with Gasteiger partial charge in [-0.15, -0.1) is 0 Å². The lowest BCUT2D eigenvalue weighted by atomic mass is 10.1. The van der Waals surface area contributed by atoms with E-state index in [0.717, 1.165) is 6.26 Å². The van der Waals surface area contributed by atoms with Crippen molar-refractivity contribution in [3.63, 3.8) is 0 Å². The van der Waals surface area contributed by atoms with Crippen molar-refractivity contribution in [2.24, 2.45) is 0 Å². The number of hydrogen-bond acceptors (Lipinski definition) is 5. The van der Waals surface area contributed by atoms with Crippen molar-refractivity contribution in [3.05, 3.63) is 23.8 Å². The van der Waals surface area contributed by atoms with Gasteiger partial charge in [0.1, 0.15) is 15.6 Å². The number of carbonyl (C=O) groups excluding carboxylic acids is 1. The van der Waals surface area contributed by atoms with Crippen LogP contribution in [0.15, 0.2) is 18.2 Å². The highest BCUT2D eigenvalue weighted by molar-refractivity contribution is 7.90. The van der Waals surface area contributed by atoms with E-state index < -0.39 is 15.9 Å². The summed E-state index contributed by atoms with van der Waals surface area (Å²) in [4.78, 5) is 11.9. The quantitative estimate of drug-likeness (QED) is 0.765. The molecule has 0 spiro atoms. The average molecular weight is 286 g/mol. The Morgan fingerprint density at radius 2 is 2.11 bits per heavy atom. The van der Waals surface area contributed by atoms with E-state index in [1.165, 1.54) is 13.2 Å². The molecule has 106 valence electrons. The lowest BCUT2D eigenvalue weighted by Crippen LogP contribution is -2.37. The van der Waals surface area contributed by atoms with Crippen LogP contribution in [0.4, 0.5) is 5.69 Å². The van der Waals surface area contributed by atoms with Gasteiger partial charge in [-0.1, -0.05) is 0 Å². The molecule has 1 aromatic rings. The summed E-state index contributed by atoms with van der Waals surface area (Å²) in [6.07, 6.45) is 1.13. The lowest BCUT2D eigenvalue weighted by Gasteiger charge is -2.13. The van der Waals surface area contributed by atoms with Crippen LogP contribution in [0.25, 0.3) is 0 Å². The van der Waals surface area contributed by atoms with Gasteiger partial charge in [0.05, 0.1) is 18.6 Å². The fourth-order valence-electron chi connectivity index (χ4n) is 1.68. The van der Waals surface area contributed by atoms with Gasteiger partial charge in [0.15, 0.2) is 0 Å². The summed E-state index contributed by atoms with van der Waals surface area (Å²) >= 11 is 0. The summed E-state index contributed by atoms with van der Waals surface area (Å²) in [6.45, 7) is 1.63. The number of amides is 1. The molecular formula is C12H18N2O4S. The highest BCUT2D eigenvalue weighted by atomic mass is 32.2. The third-order valence-corrected chi connectivity index (χ3v) is 3.53. The van der Waals surface area contributed by atoms with Gasteiger partial charge in [0, 0.05) is 17.9 Å². The van der Waals surface area contributed by atoms with E-state index in [-0.39, 0.29) is 11.7 Å². The standard InChI is InChI=1S/C12H18N2O4S/c1-8(7-19(3,16)17)14-12(15)9-4-5-11(18-2)10(13)6-9/h4-6,8H,7,13H2,1-3H3,(H,14,15). The molecule has 7 heteroatoms. The Balaban J connectivity index is 2.76. The summed E-state index contributed by atoms with van der Waals surface area (Å²) in [6, 6.07) is 4.18. The fraction of sp³-hybridized carbons (Fsp3) is 0.417. The molecule has 0 aliphatic heterocycles. The zero-order chi connectivity index (χ0) is 14.6. The molecule has 0 saturated heterocycles. The van der Waals surface area contributed by atoms with E-state index in [1.807, 2.05) is 0 Å². The van der Waals surface area contributed by atoms with Gasteiger partial charge in [-0.25, -0.2) is 8.42 Å². The van der Waals surface area contributed by atoms with Crippen molar-refractivity contribution < 1.29 is 17.9 Å². The molecule has 0 bridgehead atoms. The lowest BCUT2D eigenvalue weighted by molar-refractivity contribution is 0.0943. The van der Waals surface area contributed by atoms with Gasteiger partial charge in [-0.3, -0.25) is 4.79 Å². The third-order valence-electron chi connectivity index (χ3n) is 2.42. The molecule has 19 heavy (non-hydrogen) atoms. The second kappa shape index (κ2) is 5.92. The van der Waals surface area contributed by atoms with Crippen LogP contribution in [0.1, 0.15) is 17.3 Å². The van der Waals surface area contributed by atoms with Crippen LogP contribution in [-0.2, 0) is 9.84 Å². The molecule has 1 unspecified atom stereocenters. The van der Waals surface area contributed by atoms with E-state index in [9.17, 15) is 13.2 Å². The summed E-state index contributed by atoms with van der Waals surface area (Å²) in [5.74, 6) is 0.0101. The molecule has 0 aliphatic carbocycles. The van der Waals surface area contributed by atoms with Crippen molar-refractivity contribution in [3.8, 4) is 5.75 Å². The smallest absolute Gasteiger partial charge is 0.251 e. The summed E-state index contributed by atoms with van der Waals surface area (Å²) in [5, 5.41) is 2.60. The third kappa shape index (κ3) is 4.78. The number of ether oxygens (including phenoxy) is 1. The van der Waals surface area contributed by atoms with Gasteiger partial charge in [0.25, 0.3) is 5.91 Å². The molecule has 3 N–H and O–H groups in total. The molecule has 0 aliphatic rings. The molecule has 1 aromatic carbocycles. The number of benzene rings is 1. The van der Waals surface area contributed by atoms with E-state index in [2.05, 4.69) is 5.32 Å². The van der Waals surface area contributed by atoms with Crippen LogP contribution in [0, 0.1) is 0 Å². The zero-order valence-corrected chi connectivity index (χ0v) is 12.0. The monoisotopic (exact) mass is 286 g/mol. The molecule has 0 fully saturated rings.